The summed E-state index contributed by atoms with van der Waals surface area (Å²) in [5.41, 5.74) is 0.688. The minimum Gasteiger partial charge on any atom is -0.478 e. The highest BCUT2D eigenvalue weighted by atomic mass is 79.9. The Morgan fingerprint density at radius 2 is 2.05 bits per heavy atom. The van der Waals surface area contributed by atoms with Gasteiger partial charge in [-0.25, -0.2) is 9.18 Å². The van der Waals surface area contributed by atoms with Crippen molar-refractivity contribution in [2.75, 3.05) is 5.32 Å². The van der Waals surface area contributed by atoms with Gasteiger partial charge in [-0.1, -0.05) is 0 Å². The van der Waals surface area contributed by atoms with E-state index in [1.54, 1.807) is 6.07 Å². The summed E-state index contributed by atoms with van der Waals surface area (Å²) in [5, 5.41) is 11.4. The number of thiophene rings is 1. The predicted octanol–water partition coefficient (Wildman–Crippen LogP) is 3.91. The van der Waals surface area contributed by atoms with E-state index in [0.29, 0.717) is 4.88 Å². The minimum absolute atomic E-state index is 0.232. The maximum Gasteiger partial charge on any atom is 0.338 e. The lowest BCUT2D eigenvalue weighted by atomic mass is 10.2. The standard InChI is InChI=1S/C13H9BrFNO3S/c1-6-4-10(20-11(6)14)12(17)16-7-2-3-9(15)8(5-7)13(18)19/h2-5H,1H3,(H,16,17)(H,18,19). The summed E-state index contributed by atoms with van der Waals surface area (Å²) in [5.74, 6) is -2.59. The third-order valence-electron chi connectivity index (χ3n) is 2.54. The summed E-state index contributed by atoms with van der Waals surface area (Å²) in [6.45, 7) is 1.86. The van der Waals surface area contributed by atoms with Crippen molar-refractivity contribution < 1.29 is 19.1 Å². The van der Waals surface area contributed by atoms with Crippen molar-refractivity contribution in [3.63, 3.8) is 0 Å². The molecule has 0 spiro atoms. The third kappa shape index (κ3) is 3.05. The summed E-state index contributed by atoms with van der Waals surface area (Å²) in [4.78, 5) is 23.3. The van der Waals surface area contributed by atoms with E-state index >= 15 is 0 Å². The number of benzene rings is 1. The second-order valence-electron chi connectivity index (χ2n) is 4.02. The molecule has 0 radical (unpaired) electrons. The van der Waals surface area contributed by atoms with Crippen molar-refractivity contribution in [3.05, 3.63) is 49.9 Å². The number of carbonyl (C=O) groups is 2. The molecule has 0 fully saturated rings. The molecule has 1 amide bonds. The average molecular weight is 358 g/mol. The molecule has 0 atom stereocenters. The first-order valence-corrected chi connectivity index (χ1v) is 7.09. The Hall–Kier alpha value is -1.73. The molecule has 0 aliphatic carbocycles. The lowest BCUT2D eigenvalue weighted by Crippen LogP contribution is -2.11. The number of rotatable bonds is 3. The number of carbonyl (C=O) groups excluding carboxylic acids is 1. The van der Waals surface area contributed by atoms with E-state index in [1.165, 1.54) is 17.4 Å². The van der Waals surface area contributed by atoms with Gasteiger partial charge in [0.05, 0.1) is 14.2 Å². The molecule has 1 aromatic carbocycles. The Morgan fingerprint density at radius 3 is 2.60 bits per heavy atom. The van der Waals surface area contributed by atoms with Crippen LogP contribution < -0.4 is 5.32 Å². The van der Waals surface area contributed by atoms with Gasteiger partial charge >= 0.3 is 5.97 Å². The molecular formula is C13H9BrFNO3S. The molecule has 2 rings (SSSR count). The second-order valence-corrected chi connectivity index (χ2v) is 6.39. The van der Waals surface area contributed by atoms with Crippen LogP contribution in [0.5, 0.6) is 0 Å². The smallest absolute Gasteiger partial charge is 0.338 e. The Kier molecular flexibility index (Phi) is 4.20. The maximum absolute atomic E-state index is 13.2. The van der Waals surface area contributed by atoms with Crippen LogP contribution in [0.15, 0.2) is 28.1 Å². The van der Waals surface area contributed by atoms with Gasteiger partial charge in [-0.15, -0.1) is 11.3 Å². The highest BCUT2D eigenvalue weighted by Gasteiger charge is 2.14. The Labute approximate surface area is 126 Å². The molecular weight excluding hydrogens is 349 g/mol. The number of carboxylic acids is 1. The monoisotopic (exact) mass is 357 g/mol. The summed E-state index contributed by atoms with van der Waals surface area (Å²) < 4.78 is 14.1. The van der Waals surface area contributed by atoms with E-state index < -0.39 is 17.3 Å². The topological polar surface area (TPSA) is 66.4 Å². The zero-order chi connectivity index (χ0) is 14.9. The molecule has 104 valence electrons. The van der Waals surface area contributed by atoms with Gasteiger partial charge in [-0.3, -0.25) is 4.79 Å². The highest BCUT2D eigenvalue weighted by molar-refractivity contribution is 9.11. The lowest BCUT2D eigenvalue weighted by molar-refractivity contribution is 0.0691. The molecule has 0 bridgehead atoms. The number of hydrogen-bond acceptors (Lipinski definition) is 3. The molecule has 0 aliphatic rings. The molecule has 0 aliphatic heterocycles. The van der Waals surface area contributed by atoms with Crippen molar-refractivity contribution in [3.8, 4) is 0 Å². The maximum atomic E-state index is 13.2. The van der Waals surface area contributed by atoms with Crippen LogP contribution in [0.25, 0.3) is 0 Å². The van der Waals surface area contributed by atoms with Gasteiger partial charge in [-0.2, -0.15) is 0 Å². The molecule has 4 nitrogen and oxygen atoms in total. The number of hydrogen-bond donors (Lipinski definition) is 2. The van der Waals surface area contributed by atoms with Crippen LogP contribution in [0.2, 0.25) is 0 Å². The van der Waals surface area contributed by atoms with Crippen LogP contribution in [0, 0.1) is 12.7 Å². The summed E-state index contributed by atoms with van der Waals surface area (Å²) in [6.07, 6.45) is 0. The van der Waals surface area contributed by atoms with Gasteiger partial charge in [0.2, 0.25) is 0 Å². The van der Waals surface area contributed by atoms with E-state index in [0.717, 1.165) is 21.5 Å². The fourth-order valence-electron chi connectivity index (χ4n) is 1.53. The first kappa shape index (κ1) is 14.7. The molecule has 0 unspecified atom stereocenters. The van der Waals surface area contributed by atoms with E-state index in [1.807, 2.05) is 6.92 Å². The molecule has 2 aromatic rings. The van der Waals surface area contributed by atoms with Crippen LogP contribution in [-0.2, 0) is 0 Å². The number of halogens is 2. The van der Waals surface area contributed by atoms with Crippen LogP contribution in [0.1, 0.15) is 25.6 Å². The lowest BCUT2D eigenvalue weighted by Gasteiger charge is -2.05. The van der Waals surface area contributed by atoms with Crippen molar-refractivity contribution in [1.29, 1.82) is 0 Å². The largest absolute Gasteiger partial charge is 0.478 e. The van der Waals surface area contributed by atoms with Gasteiger partial charge in [0.1, 0.15) is 5.82 Å². The first-order chi connectivity index (χ1) is 9.38. The zero-order valence-electron chi connectivity index (χ0n) is 10.2. The van der Waals surface area contributed by atoms with Crippen LogP contribution in [0.4, 0.5) is 10.1 Å². The zero-order valence-corrected chi connectivity index (χ0v) is 12.6. The highest BCUT2D eigenvalue weighted by Crippen LogP contribution is 2.28. The first-order valence-electron chi connectivity index (χ1n) is 5.48. The third-order valence-corrected chi connectivity index (χ3v) is 4.67. The van der Waals surface area contributed by atoms with Gasteiger partial charge in [0, 0.05) is 5.69 Å². The number of aryl methyl sites for hydroxylation is 1. The number of aromatic carboxylic acids is 1. The van der Waals surface area contributed by atoms with Crippen molar-refractivity contribution in [1.82, 2.24) is 0 Å². The van der Waals surface area contributed by atoms with Crippen LogP contribution >= 0.6 is 27.3 Å². The van der Waals surface area contributed by atoms with Crippen LogP contribution in [-0.4, -0.2) is 17.0 Å². The molecule has 0 saturated carbocycles. The predicted molar refractivity (Wildman–Crippen MR) is 78.1 cm³/mol. The van der Waals surface area contributed by atoms with E-state index in [9.17, 15) is 14.0 Å². The Balaban J connectivity index is 2.24. The van der Waals surface area contributed by atoms with Gasteiger partial charge < -0.3 is 10.4 Å². The number of carboxylic acid groups (broad SMARTS) is 1. The summed E-state index contributed by atoms with van der Waals surface area (Å²) >= 11 is 4.59. The molecule has 7 heteroatoms. The Bertz CT molecular complexity index is 679. The number of nitrogens with one attached hydrogen (secondary N) is 1. The fraction of sp³-hybridized carbons (Fsp3) is 0.0769. The summed E-state index contributed by atoms with van der Waals surface area (Å²) in [7, 11) is 0. The number of anilines is 1. The average Bonchev–Trinajstić information content (AvgIpc) is 2.72. The van der Waals surface area contributed by atoms with Crippen molar-refractivity contribution >= 4 is 44.8 Å². The van der Waals surface area contributed by atoms with Crippen LogP contribution in [0.3, 0.4) is 0 Å². The van der Waals surface area contributed by atoms with E-state index in [-0.39, 0.29) is 11.6 Å². The number of amides is 1. The quantitative estimate of drug-likeness (QED) is 0.874. The minimum atomic E-state index is -1.38. The normalized spacial score (nSPS) is 10.3. The van der Waals surface area contributed by atoms with Crippen molar-refractivity contribution in [2.24, 2.45) is 0 Å². The molecule has 20 heavy (non-hydrogen) atoms. The summed E-state index contributed by atoms with van der Waals surface area (Å²) in [6, 6.07) is 5.13. The molecule has 1 heterocycles. The van der Waals surface area contributed by atoms with Gasteiger partial charge in [0.15, 0.2) is 0 Å². The fourth-order valence-corrected chi connectivity index (χ4v) is 2.96. The SMILES string of the molecule is Cc1cc(C(=O)Nc2ccc(F)c(C(=O)O)c2)sc1Br. The second kappa shape index (κ2) is 5.72. The molecule has 0 saturated heterocycles. The van der Waals surface area contributed by atoms with Crippen molar-refractivity contribution in [2.45, 2.75) is 6.92 Å². The van der Waals surface area contributed by atoms with Gasteiger partial charge in [-0.05, 0) is 52.7 Å². The Morgan fingerprint density at radius 1 is 1.35 bits per heavy atom. The van der Waals surface area contributed by atoms with E-state index in [2.05, 4.69) is 21.2 Å². The van der Waals surface area contributed by atoms with Gasteiger partial charge in [0.25, 0.3) is 5.91 Å². The molecule has 1 aromatic heterocycles. The van der Waals surface area contributed by atoms with E-state index in [4.69, 9.17) is 5.11 Å². The molecule has 2 N–H and O–H groups in total.